The standard InChI is InChI=1S/C19H15F3N6O/c1-27(9-13-4-3-12(7-25-13)19(20,21)22)18(29)11-2-5-14-15(6-11)28-10-24-8-16(28)17(23)26-14/h2-8,10H,9H2,1H3,(H2,23,26). The third-order valence-corrected chi connectivity index (χ3v) is 4.52. The normalized spacial score (nSPS) is 11.9. The van der Waals surface area contributed by atoms with E-state index in [9.17, 15) is 18.0 Å². The van der Waals surface area contributed by atoms with Gasteiger partial charge in [0.15, 0.2) is 0 Å². The van der Waals surface area contributed by atoms with Crippen molar-refractivity contribution in [1.29, 1.82) is 0 Å². The number of nitrogen functional groups attached to an aromatic ring is 1. The van der Waals surface area contributed by atoms with E-state index in [1.54, 1.807) is 42.2 Å². The molecular weight excluding hydrogens is 385 g/mol. The number of hydrogen-bond donors (Lipinski definition) is 1. The van der Waals surface area contributed by atoms with E-state index in [1.165, 1.54) is 11.0 Å². The number of pyridine rings is 1. The SMILES string of the molecule is CN(Cc1ccc(C(F)(F)F)cn1)C(=O)c1ccc2nc(N)c3cncn3c2c1. The molecule has 0 unspecified atom stereocenters. The molecule has 0 aliphatic carbocycles. The first-order valence-corrected chi connectivity index (χ1v) is 8.53. The number of nitrogens with zero attached hydrogens (tertiary/aromatic N) is 5. The lowest BCUT2D eigenvalue weighted by Gasteiger charge is -2.17. The maximum absolute atomic E-state index is 12.8. The Kier molecular flexibility index (Phi) is 4.33. The number of halogens is 3. The first kappa shape index (κ1) is 18.7. The molecule has 0 aliphatic rings. The highest BCUT2D eigenvalue weighted by molar-refractivity contribution is 5.98. The summed E-state index contributed by atoms with van der Waals surface area (Å²) in [6.45, 7) is 0.0650. The Bertz CT molecular complexity index is 1220. The molecule has 0 spiro atoms. The number of aromatic nitrogens is 4. The summed E-state index contributed by atoms with van der Waals surface area (Å²) in [6.07, 6.45) is -0.525. The first-order chi connectivity index (χ1) is 13.7. The van der Waals surface area contributed by atoms with Crippen LogP contribution in [0, 0.1) is 0 Å². The van der Waals surface area contributed by atoms with Crippen LogP contribution in [-0.2, 0) is 12.7 Å². The number of benzene rings is 1. The number of fused-ring (bicyclic) bond motifs is 3. The van der Waals surface area contributed by atoms with Crippen LogP contribution < -0.4 is 5.73 Å². The molecule has 0 bridgehead atoms. The second-order valence-corrected chi connectivity index (χ2v) is 6.55. The van der Waals surface area contributed by atoms with Gasteiger partial charge in [0.2, 0.25) is 0 Å². The maximum atomic E-state index is 12.8. The molecule has 29 heavy (non-hydrogen) atoms. The minimum absolute atomic E-state index is 0.0650. The van der Waals surface area contributed by atoms with Crippen molar-refractivity contribution < 1.29 is 18.0 Å². The van der Waals surface area contributed by atoms with Gasteiger partial charge >= 0.3 is 6.18 Å². The van der Waals surface area contributed by atoms with E-state index in [0.717, 1.165) is 12.3 Å². The van der Waals surface area contributed by atoms with E-state index in [1.807, 2.05) is 0 Å². The Morgan fingerprint density at radius 3 is 2.66 bits per heavy atom. The van der Waals surface area contributed by atoms with Gasteiger partial charge in [-0.05, 0) is 30.3 Å². The molecule has 4 rings (SSSR count). The van der Waals surface area contributed by atoms with E-state index in [4.69, 9.17) is 5.73 Å². The van der Waals surface area contributed by atoms with E-state index in [2.05, 4.69) is 15.0 Å². The second kappa shape index (κ2) is 6.73. The lowest BCUT2D eigenvalue weighted by Crippen LogP contribution is -2.26. The third-order valence-electron chi connectivity index (χ3n) is 4.52. The zero-order valence-electron chi connectivity index (χ0n) is 15.2. The Morgan fingerprint density at radius 1 is 1.17 bits per heavy atom. The summed E-state index contributed by atoms with van der Waals surface area (Å²) in [5.74, 6) is 0.0262. The molecule has 7 nitrogen and oxygen atoms in total. The molecule has 0 radical (unpaired) electrons. The molecule has 0 saturated carbocycles. The Morgan fingerprint density at radius 2 is 1.97 bits per heavy atom. The predicted octanol–water partition coefficient (Wildman–Crippen LogP) is 3.15. The minimum Gasteiger partial charge on any atom is -0.382 e. The highest BCUT2D eigenvalue weighted by Crippen LogP contribution is 2.28. The van der Waals surface area contributed by atoms with Gasteiger partial charge in [0, 0.05) is 18.8 Å². The van der Waals surface area contributed by atoms with Crippen LogP contribution in [-0.4, -0.2) is 37.2 Å². The van der Waals surface area contributed by atoms with Crippen molar-refractivity contribution in [2.45, 2.75) is 12.7 Å². The van der Waals surface area contributed by atoms with Crippen LogP contribution in [0.3, 0.4) is 0 Å². The predicted molar refractivity (Wildman–Crippen MR) is 99.9 cm³/mol. The van der Waals surface area contributed by atoms with Gasteiger partial charge in [-0.2, -0.15) is 13.2 Å². The van der Waals surface area contributed by atoms with Gasteiger partial charge in [-0.1, -0.05) is 0 Å². The Labute approximate surface area is 162 Å². The number of rotatable bonds is 3. The van der Waals surface area contributed by atoms with Crippen LogP contribution in [0.4, 0.5) is 19.0 Å². The van der Waals surface area contributed by atoms with Crippen molar-refractivity contribution in [3.8, 4) is 0 Å². The average Bonchev–Trinajstić information content (AvgIpc) is 3.18. The van der Waals surface area contributed by atoms with Crippen molar-refractivity contribution in [3.05, 3.63) is 65.9 Å². The molecule has 0 atom stereocenters. The summed E-state index contributed by atoms with van der Waals surface area (Å²) >= 11 is 0. The lowest BCUT2D eigenvalue weighted by molar-refractivity contribution is -0.137. The van der Waals surface area contributed by atoms with E-state index < -0.39 is 11.7 Å². The molecule has 3 heterocycles. The summed E-state index contributed by atoms with van der Waals surface area (Å²) < 4.78 is 39.7. The highest BCUT2D eigenvalue weighted by atomic mass is 19.4. The Hall–Kier alpha value is -3.69. The quantitative estimate of drug-likeness (QED) is 0.571. The molecule has 148 valence electrons. The first-order valence-electron chi connectivity index (χ1n) is 8.53. The topological polar surface area (TPSA) is 89.4 Å². The van der Waals surface area contributed by atoms with Gasteiger partial charge in [-0.15, -0.1) is 0 Å². The number of amides is 1. The Balaban J connectivity index is 1.60. The lowest BCUT2D eigenvalue weighted by atomic mass is 10.1. The third kappa shape index (κ3) is 3.44. The van der Waals surface area contributed by atoms with Crippen LogP contribution in [0.5, 0.6) is 0 Å². The van der Waals surface area contributed by atoms with Crippen LogP contribution in [0.1, 0.15) is 21.6 Å². The number of alkyl halides is 3. The minimum atomic E-state index is -4.45. The van der Waals surface area contributed by atoms with Gasteiger partial charge in [0.25, 0.3) is 5.91 Å². The smallest absolute Gasteiger partial charge is 0.382 e. The van der Waals surface area contributed by atoms with Crippen LogP contribution in [0.25, 0.3) is 16.6 Å². The molecule has 1 amide bonds. The number of nitrogens with two attached hydrogens (primary N) is 1. The summed E-state index contributed by atoms with van der Waals surface area (Å²) in [5, 5.41) is 0. The number of imidazole rings is 1. The fraction of sp³-hybridized carbons (Fsp3) is 0.158. The molecule has 0 fully saturated rings. The summed E-state index contributed by atoms with van der Waals surface area (Å²) in [5.41, 5.74) is 7.73. The average molecular weight is 400 g/mol. The molecule has 10 heteroatoms. The maximum Gasteiger partial charge on any atom is 0.417 e. The largest absolute Gasteiger partial charge is 0.417 e. The van der Waals surface area contributed by atoms with Gasteiger partial charge < -0.3 is 10.6 Å². The van der Waals surface area contributed by atoms with E-state index in [0.29, 0.717) is 33.6 Å². The summed E-state index contributed by atoms with van der Waals surface area (Å²) in [4.78, 5) is 26.4. The van der Waals surface area contributed by atoms with Crippen molar-refractivity contribution in [2.24, 2.45) is 0 Å². The van der Waals surface area contributed by atoms with E-state index >= 15 is 0 Å². The number of hydrogen-bond acceptors (Lipinski definition) is 5. The van der Waals surface area contributed by atoms with Gasteiger partial charge in [0.05, 0.1) is 41.4 Å². The molecule has 2 N–H and O–H groups in total. The van der Waals surface area contributed by atoms with Crippen LogP contribution in [0.15, 0.2) is 49.1 Å². The van der Waals surface area contributed by atoms with Crippen molar-refractivity contribution in [1.82, 2.24) is 24.3 Å². The molecule has 0 aliphatic heterocycles. The summed E-state index contributed by atoms with van der Waals surface area (Å²) in [6, 6.07) is 7.19. The molecular formula is C19H15F3N6O. The van der Waals surface area contributed by atoms with Gasteiger partial charge in [-0.25, -0.2) is 9.97 Å². The van der Waals surface area contributed by atoms with Crippen LogP contribution in [0.2, 0.25) is 0 Å². The fourth-order valence-electron chi connectivity index (χ4n) is 3.03. The monoisotopic (exact) mass is 400 g/mol. The zero-order chi connectivity index (χ0) is 20.8. The molecule has 1 aromatic carbocycles. The highest BCUT2D eigenvalue weighted by Gasteiger charge is 2.30. The van der Waals surface area contributed by atoms with Crippen molar-refractivity contribution in [3.63, 3.8) is 0 Å². The van der Waals surface area contributed by atoms with Gasteiger partial charge in [-0.3, -0.25) is 14.2 Å². The zero-order valence-corrected chi connectivity index (χ0v) is 15.2. The summed E-state index contributed by atoms with van der Waals surface area (Å²) in [7, 11) is 1.56. The number of carbonyl (C=O) groups is 1. The molecule has 0 saturated heterocycles. The fourth-order valence-corrected chi connectivity index (χ4v) is 3.03. The van der Waals surface area contributed by atoms with Crippen LogP contribution >= 0.6 is 0 Å². The molecule has 4 aromatic rings. The number of carbonyl (C=O) groups excluding carboxylic acids is 1. The van der Waals surface area contributed by atoms with Gasteiger partial charge in [0.1, 0.15) is 11.3 Å². The van der Waals surface area contributed by atoms with Crippen molar-refractivity contribution in [2.75, 3.05) is 12.8 Å². The second-order valence-electron chi connectivity index (χ2n) is 6.55. The number of anilines is 1. The molecule has 3 aromatic heterocycles. The van der Waals surface area contributed by atoms with Crippen molar-refractivity contribution >= 4 is 28.3 Å². The van der Waals surface area contributed by atoms with E-state index in [-0.39, 0.29) is 12.5 Å².